The molecule has 3 heteroatoms. The molecule has 22 heavy (non-hydrogen) atoms. The Morgan fingerprint density at radius 1 is 0.818 bits per heavy atom. The molecule has 0 aromatic heterocycles. The average molecular weight is 315 g/mol. The first-order valence-electron chi connectivity index (χ1n) is 9.15. The van der Waals surface area contributed by atoms with Crippen molar-refractivity contribution in [3.8, 4) is 0 Å². The van der Waals surface area contributed by atoms with E-state index in [1.54, 1.807) is 0 Å². The van der Waals surface area contributed by atoms with Crippen molar-refractivity contribution in [2.24, 2.45) is 10.8 Å². The third-order valence-corrected chi connectivity index (χ3v) is 5.05. The SMILES string of the molecule is CC(C)(CO)CCC[C@@H]1CCC[C@@H](CCCC(C)(C)CO)O1. The molecule has 1 aliphatic heterocycles. The van der Waals surface area contributed by atoms with E-state index in [0.717, 1.165) is 38.5 Å². The van der Waals surface area contributed by atoms with Crippen LogP contribution in [0, 0.1) is 10.8 Å². The molecule has 132 valence electrons. The topological polar surface area (TPSA) is 49.7 Å². The van der Waals surface area contributed by atoms with Gasteiger partial charge >= 0.3 is 0 Å². The van der Waals surface area contributed by atoms with Crippen LogP contribution in [0.25, 0.3) is 0 Å². The predicted octanol–water partition coefficient (Wildman–Crippen LogP) is 4.30. The maximum absolute atomic E-state index is 9.31. The van der Waals surface area contributed by atoms with Gasteiger partial charge in [-0.05, 0) is 55.8 Å². The Morgan fingerprint density at radius 2 is 1.23 bits per heavy atom. The second kappa shape index (κ2) is 9.24. The molecule has 0 saturated carbocycles. The Hall–Kier alpha value is -0.120. The molecule has 1 saturated heterocycles. The maximum atomic E-state index is 9.31. The van der Waals surface area contributed by atoms with Crippen molar-refractivity contribution < 1.29 is 14.9 Å². The number of rotatable bonds is 10. The zero-order valence-electron chi connectivity index (χ0n) is 15.2. The van der Waals surface area contributed by atoms with Gasteiger partial charge in [0.15, 0.2) is 0 Å². The van der Waals surface area contributed by atoms with Crippen LogP contribution in [-0.2, 0) is 4.74 Å². The largest absolute Gasteiger partial charge is 0.396 e. The van der Waals surface area contributed by atoms with Crippen molar-refractivity contribution in [2.45, 2.75) is 97.7 Å². The summed E-state index contributed by atoms with van der Waals surface area (Å²) >= 11 is 0. The third kappa shape index (κ3) is 7.94. The Kier molecular flexibility index (Phi) is 8.37. The summed E-state index contributed by atoms with van der Waals surface area (Å²) in [5.41, 5.74) is 0.0912. The summed E-state index contributed by atoms with van der Waals surface area (Å²) in [5.74, 6) is 0. The van der Waals surface area contributed by atoms with Crippen molar-refractivity contribution >= 4 is 0 Å². The van der Waals surface area contributed by atoms with Crippen LogP contribution in [-0.4, -0.2) is 35.6 Å². The first-order chi connectivity index (χ1) is 10.3. The molecule has 1 aliphatic rings. The van der Waals surface area contributed by atoms with E-state index in [1.807, 2.05) is 0 Å². The molecule has 2 atom stereocenters. The molecular formula is C19H38O3. The van der Waals surface area contributed by atoms with Crippen LogP contribution in [0.3, 0.4) is 0 Å². The van der Waals surface area contributed by atoms with Gasteiger partial charge in [0.2, 0.25) is 0 Å². The lowest BCUT2D eigenvalue weighted by Gasteiger charge is -2.32. The average Bonchev–Trinajstić information content (AvgIpc) is 2.47. The van der Waals surface area contributed by atoms with Gasteiger partial charge in [-0.1, -0.05) is 40.5 Å². The van der Waals surface area contributed by atoms with E-state index in [9.17, 15) is 10.2 Å². The first-order valence-corrected chi connectivity index (χ1v) is 9.15. The van der Waals surface area contributed by atoms with Crippen LogP contribution in [0.4, 0.5) is 0 Å². The third-order valence-electron chi connectivity index (χ3n) is 5.05. The molecule has 1 fully saturated rings. The zero-order valence-corrected chi connectivity index (χ0v) is 15.2. The number of ether oxygens (including phenoxy) is 1. The van der Waals surface area contributed by atoms with Gasteiger partial charge in [0.25, 0.3) is 0 Å². The number of aliphatic hydroxyl groups excluding tert-OH is 2. The van der Waals surface area contributed by atoms with Crippen molar-refractivity contribution in [1.29, 1.82) is 0 Å². The van der Waals surface area contributed by atoms with E-state index >= 15 is 0 Å². The highest BCUT2D eigenvalue weighted by Gasteiger charge is 2.24. The maximum Gasteiger partial charge on any atom is 0.0579 e. The van der Waals surface area contributed by atoms with Gasteiger partial charge in [-0.3, -0.25) is 0 Å². The van der Waals surface area contributed by atoms with E-state index in [0.29, 0.717) is 12.2 Å². The minimum absolute atomic E-state index is 0.0456. The molecule has 0 unspecified atom stereocenters. The van der Waals surface area contributed by atoms with E-state index in [2.05, 4.69) is 27.7 Å². The van der Waals surface area contributed by atoms with Crippen LogP contribution in [0.1, 0.15) is 85.5 Å². The van der Waals surface area contributed by atoms with Crippen LogP contribution >= 0.6 is 0 Å². The van der Waals surface area contributed by atoms with Crippen LogP contribution in [0.2, 0.25) is 0 Å². The second-order valence-electron chi connectivity index (χ2n) is 8.74. The molecule has 0 aliphatic carbocycles. The lowest BCUT2D eigenvalue weighted by Crippen LogP contribution is -2.28. The van der Waals surface area contributed by atoms with Crippen LogP contribution in [0.5, 0.6) is 0 Å². The lowest BCUT2D eigenvalue weighted by molar-refractivity contribution is -0.0599. The van der Waals surface area contributed by atoms with Crippen molar-refractivity contribution in [1.82, 2.24) is 0 Å². The quantitative estimate of drug-likeness (QED) is 0.632. The standard InChI is InChI=1S/C19H38O3/c1-18(2,14-20)12-6-10-16-8-5-9-17(22-16)11-7-13-19(3,4)15-21/h16-17,20-21H,5-15H2,1-4H3/t16-,17-/m0/s1. The monoisotopic (exact) mass is 314 g/mol. The highest BCUT2D eigenvalue weighted by Crippen LogP contribution is 2.30. The summed E-state index contributed by atoms with van der Waals surface area (Å²) in [6.07, 6.45) is 11.2. The normalized spacial score (nSPS) is 23.7. The van der Waals surface area contributed by atoms with E-state index in [1.165, 1.54) is 19.3 Å². The van der Waals surface area contributed by atoms with Gasteiger partial charge in [0, 0.05) is 13.2 Å². The van der Waals surface area contributed by atoms with Crippen LogP contribution < -0.4 is 0 Å². The molecule has 0 bridgehead atoms. The Balaban J connectivity index is 2.21. The van der Waals surface area contributed by atoms with E-state index in [4.69, 9.17) is 4.74 Å². The summed E-state index contributed by atoms with van der Waals surface area (Å²) in [5, 5.41) is 18.6. The number of aliphatic hydroxyl groups is 2. The minimum atomic E-state index is 0.0456. The fourth-order valence-electron chi connectivity index (χ4n) is 3.18. The summed E-state index contributed by atoms with van der Waals surface area (Å²) in [7, 11) is 0. The molecule has 0 aromatic carbocycles. The van der Waals surface area contributed by atoms with Crippen molar-refractivity contribution in [3.05, 3.63) is 0 Å². The fourth-order valence-corrected chi connectivity index (χ4v) is 3.18. The fraction of sp³-hybridized carbons (Fsp3) is 1.00. The molecule has 2 N–H and O–H groups in total. The predicted molar refractivity (Wildman–Crippen MR) is 91.9 cm³/mol. The van der Waals surface area contributed by atoms with E-state index in [-0.39, 0.29) is 24.0 Å². The summed E-state index contributed by atoms with van der Waals surface area (Å²) in [6.45, 7) is 9.03. The molecule has 0 radical (unpaired) electrons. The van der Waals surface area contributed by atoms with Gasteiger partial charge in [0.1, 0.15) is 0 Å². The summed E-state index contributed by atoms with van der Waals surface area (Å²) in [4.78, 5) is 0. The number of hydrogen-bond donors (Lipinski definition) is 2. The first kappa shape index (κ1) is 19.9. The van der Waals surface area contributed by atoms with Crippen molar-refractivity contribution in [3.63, 3.8) is 0 Å². The molecule has 0 spiro atoms. The Bertz CT molecular complexity index is 271. The second-order valence-corrected chi connectivity index (χ2v) is 8.74. The van der Waals surface area contributed by atoms with Crippen molar-refractivity contribution in [2.75, 3.05) is 13.2 Å². The Labute approximate surface area is 137 Å². The lowest BCUT2D eigenvalue weighted by atomic mass is 9.86. The molecular weight excluding hydrogens is 276 g/mol. The van der Waals surface area contributed by atoms with Gasteiger partial charge in [-0.15, -0.1) is 0 Å². The molecule has 0 aromatic rings. The zero-order chi connectivity index (χ0) is 16.6. The van der Waals surface area contributed by atoms with Gasteiger partial charge in [0.05, 0.1) is 12.2 Å². The number of hydrogen-bond acceptors (Lipinski definition) is 3. The smallest absolute Gasteiger partial charge is 0.0579 e. The summed E-state index contributed by atoms with van der Waals surface area (Å²) in [6, 6.07) is 0. The molecule has 3 nitrogen and oxygen atoms in total. The summed E-state index contributed by atoms with van der Waals surface area (Å²) < 4.78 is 6.26. The molecule has 1 heterocycles. The van der Waals surface area contributed by atoms with Gasteiger partial charge in [-0.2, -0.15) is 0 Å². The Morgan fingerprint density at radius 3 is 1.59 bits per heavy atom. The highest BCUT2D eigenvalue weighted by molar-refractivity contribution is 4.75. The minimum Gasteiger partial charge on any atom is -0.396 e. The van der Waals surface area contributed by atoms with Gasteiger partial charge < -0.3 is 14.9 Å². The van der Waals surface area contributed by atoms with Crippen LogP contribution in [0.15, 0.2) is 0 Å². The van der Waals surface area contributed by atoms with E-state index < -0.39 is 0 Å². The molecule has 0 amide bonds. The molecule has 1 rings (SSSR count). The highest BCUT2D eigenvalue weighted by atomic mass is 16.5. The van der Waals surface area contributed by atoms with Gasteiger partial charge in [-0.25, -0.2) is 0 Å².